The molecule has 0 bridgehead atoms. The molecule has 2 heteroatoms. The molecule has 0 amide bonds. The lowest BCUT2D eigenvalue weighted by atomic mass is 10.2. The third-order valence-corrected chi connectivity index (χ3v) is 12.8. The Bertz CT molecular complexity index is 303. The lowest BCUT2D eigenvalue weighted by Gasteiger charge is -2.50. The first-order valence-electron chi connectivity index (χ1n) is 8.99. The molecule has 0 heterocycles. The molecule has 0 rings (SSSR count). The van der Waals surface area contributed by atoms with Crippen LogP contribution in [0.2, 0.25) is 0 Å². The zero-order chi connectivity index (χ0) is 18.1. The molecule has 0 aliphatic heterocycles. The third kappa shape index (κ3) is 6.77. The molecule has 0 aromatic carbocycles. The van der Waals surface area contributed by atoms with E-state index in [4.69, 9.17) is 0 Å². The van der Waals surface area contributed by atoms with Gasteiger partial charge in [0.1, 0.15) is 0 Å². The first-order chi connectivity index (χ1) is 9.42. The van der Waals surface area contributed by atoms with Crippen LogP contribution in [-0.2, 0) is 0 Å². The van der Waals surface area contributed by atoms with Crippen molar-refractivity contribution < 1.29 is 0 Å². The minimum atomic E-state index is -0.0169. The van der Waals surface area contributed by atoms with Gasteiger partial charge >= 0.3 is 0 Å². The molecular formula is C20H44P2. The summed E-state index contributed by atoms with van der Waals surface area (Å²) in [7, 11) is -0.0154. The number of hydrogen-bond donors (Lipinski definition) is 0. The van der Waals surface area contributed by atoms with Crippen molar-refractivity contribution in [3.05, 3.63) is 0 Å². The van der Waals surface area contributed by atoms with Gasteiger partial charge in [0.25, 0.3) is 0 Å². The van der Waals surface area contributed by atoms with Crippen molar-refractivity contribution in [3.63, 3.8) is 0 Å². The van der Waals surface area contributed by atoms with Gasteiger partial charge < -0.3 is 0 Å². The van der Waals surface area contributed by atoms with E-state index in [9.17, 15) is 0 Å². The minimum Gasteiger partial charge on any atom is -0.0950 e. The zero-order valence-corrected chi connectivity index (χ0v) is 19.7. The van der Waals surface area contributed by atoms with Gasteiger partial charge in [0, 0.05) is 0 Å². The second-order valence-electron chi connectivity index (χ2n) is 10.7. The summed E-state index contributed by atoms with van der Waals surface area (Å²) in [6, 6.07) is 0. The molecule has 134 valence electrons. The smallest absolute Gasteiger partial charge is 0.0163 e. The minimum absolute atomic E-state index is 0.00149. The average molecular weight is 347 g/mol. The van der Waals surface area contributed by atoms with Crippen LogP contribution in [-0.4, -0.2) is 32.4 Å². The van der Waals surface area contributed by atoms with Gasteiger partial charge in [0.15, 0.2) is 0 Å². The largest absolute Gasteiger partial charge is 0.0950 e. The van der Waals surface area contributed by atoms with Gasteiger partial charge in [-0.3, -0.25) is 0 Å². The Labute approximate surface area is 145 Å². The van der Waals surface area contributed by atoms with E-state index in [0.29, 0.717) is 20.6 Å². The normalized spacial score (nSPS) is 16.5. The van der Waals surface area contributed by atoms with E-state index in [-0.39, 0.29) is 15.8 Å². The van der Waals surface area contributed by atoms with Crippen molar-refractivity contribution >= 4 is 15.8 Å². The van der Waals surface area contributed by atoms with Crippen molar-refractivity contribution in [2.45, 2.75) is 123 Å². The highest BCUT2D eigenvalue weighted by Crippen LogP contribution is 2.68. The fraction of sp³-hybridized carbons (Fsp3) is 1.00. The lowest BCUT2D eigenvalue weighted by molar-refractivity contribution is 0.667. The van der Waals surface area contributed by atoms with Gasteiger partial charge in [0.2, 0.25) is 0 Å². The molecule has 0 saturated heterocycles. The average Bonchev–Trinajstić information content (AvgIpc) is 2.15. The fourth-order valence-electron chi connectivity index (χ4n) is 4.26. The number of hydrogen-bond acceptors (Lipinski definition) is 0. The first kappa shape index (κ1) is 22.9. The Morgan fingerprint density at radius 1 is 0.591 bits per heavy atom. The maximum Gasteiger partial charge on any atom is -0.0163 e. The van der Waals surface area contributed by atoms with E-state index in [1.807, 2.05) is 0 Å². The standard InChI is InChI=1S/C20H44P2/c1-14-16(22(19(8,9)10)20(11,12)13)15-21(17(2,3)4)18(5,6)7/h16H,14-15H2,1-13H3. The van der Waals surface area contributed by atoms with Crippen molar-refractivity contribution in [2.24, 2.45) is 0 Å². The maximum atomic E-state index is 2.48. The van der Waals surface area contributed by atoms with Gasteiger partial charge in [0.05, 0.1) is 0 Å². The zero-order valence-electron chi connectivity index (χ0n) is 17.9. The number of rotatable bonds is 4. The molecule has 1 atom stereocenters. The quantitative estimate of drug-likeness (QED) is 0.453. The van der Waals surface area contributed by atoms with Crippen LogP contribution in [0.1, 0.15) is 96.4 Å². The van der Waals surface area contributed by atoms with Crippen LogP contribution in [0.4, 0.5) is 0 Å². The molecule has 0 aliphatic rings. The van der Waals surface area contributed by atoms with Crippen LogP contribution in [0.3, 0.4) is 0 Å². The molecular weight excluding hydrogens is 302 g/mol. The summed E-state index contributed by atoms with van der Waals surface area (Å²) in [6.07, 6.45) is 2.78. The molecule has 0 aliphatic carbocycles. The van der Waals surface area contributed by atoms with Crippen LogP contribution in [0.15, 0.2) is 0 Å². The highest BCUT2D eigenvalue weighted by Gasteiger charge is 2.43. The molecule has 0 nitrogen and oxygen atoms in total. The fourth-order valence-corrected chi connectivity index (χ4v) is 13.8. The van der Waals surface area contributed by atoms with E-state index in [0.717, 1.165) is 5.66 Å². The predicted molar refractivity (Wildman–Crippen MR) is 112 cm³/mol. The Kier molecular flexibility index (Phi) is 7.69. The van der Waals surface area contributed by atoms with Gasteiger partial charge in [-0.15, -0.1) is 0 Å². The van der Waals surface area contributed by atoms with Crippen LogP contribution in [0, 0.1) is 0 Å². The van der Waals surface area contributed by atoms with Gasteiger partial charge in [-0.1, -0.05) is 106 Å². The summed E-state index contributed by atoms with van der Waals surface area (Å²) in [5.74, 6) is 0. The second kappa shape index (κ2) is 7.40. The highest BCUT2D eigenvalue weighted by atomic mass is 31.1. The molecule has 0 saturated carbocycles. The predicted octanol–water partition coefficient (Wildman–Crippen LogP) is 7.92. The summed E-state index contributed by atoms with van der Waals surface area (Å²) in [6.45, 7) is 32.1. The molecule has 0 radical (unpaired) electrons. The van der Waals surface area contributed by atoms with E-state index >= 15 is 0 Å². The summed E-state index contributed by atoms with van der Waals surface area (Å²) in [5.41, 5.74) is 0.888. The first-order valence-corrected chi connectivity index (χ1v) is 11.9. The Morgan fingerprint density at radius 3 is 1.09 bits per heavy atom. The molecule has 1 unspecified atom stereocenters. The van der Waals surface area contributed by atoms with Crippen molar-refractivity contribution in [3.8, 4) is 0 Å². The Balaban J connectivity index is 5.65. The molecule has 0 spiro atoms. The van der Waals surface area contributed by atoms with Crippen LogP contribution >= 0.6 is 15.8 Å². The summed E-state index contributed by atoms with van der Waals surface area (Å²) in [4.78, 5) is 0. The SMILES string of the molecule is CCC(CP(C(C)(C)C)C(C)(C)C)P(C(C)(C)C)C(C)(C)C. The molecule has 0 aromatic heterocycles. The second-order valence-corrected chi connectivity index (χ2v) is 18.8. The molecule has 22 heavy (non-hydrogen) atoms. The van der Waals surface area contributed by atoms with E-state index in [1.165, 1.54) is 12.6 Å². The van der Waals surface area contributed by atoms with Crippen LogP contribution in [0.25, 0.3) is 0 Å². The lowest BCUT2D eigenvalue weighted by Crippen LogP contribution is -2.36. The van der Waals surface area contributed by atoms with Crippen LogP contribution in [0.5, 0.6) is 0 Å². The van der Waals surface area contributed by atoms with Gasteiger partial charge in [-0.2, -0.15) is 0 Å². The Hall–Kier alpha value is 0.860. The van der Waals surface area contributed by atoms with Gasteiger partial charge in [-0.05, 0) is 38.9 Å². The van der Waals surface area contributed by atoms with Crippen LogP contribution < -0.4 is 0 Å². The molecule has 0 aromatic rings. The summed E-state index contributed by atoms with van der Waals surface area (Å²) >= 11 is 0. The monoisotopic (exact) mass is 346 g/mol. The van der Waals surface area contributed by atoms with Crippen molar-refractivity contribution in [1.29, 1.82) is 0 Å². The third-order valence-electron chi connectivity index (χ3n) is 4.29. The molecule has 0 N–H and O–H groups in total. The topological polar surface area (TPSA) is 0 Å². The maximum absolute atomic E-state index is 2.48. The summed E-state index contributed by atoms with van der Waals surface area (Å²) in [5, 5.41) is 1.76. The highest BCUT2D eigenvalue weighted by molar-refractivity contribution is 7.65. The van der Waals surface area contributed by atoms with E-state index in [2.05, 4.69) is 90.0 Å². The van der Waals surface area contributed by atoms with Crippen molar-refractivity contribution in [1.82, 2.24) is 0 Å². The van der Waals surface area contributed by atoms with E-state index in [1.54, 1.807) is 0 Å². The van der Waals surface area contributed by atoms with E-state index < -0.39 is 0 Å². The molecule has 0 fully saturated rings. The summed E-state index contributed by atoms with van der Waals surface area (Å²) < 4.78 is 0. The van der Waals surface area contributed by atoms with Gasteiger partial charge in [-0.25, -0.2) is 0 Å². The Morgan fingerprint density at radius 2 is 0.909 bits per heavy atom. The van der Waals surface area contributed by atoms with Crippen molar-refractivity contribution in [2.75, 3.05) is 6.16 Å².